The fraction of sp³-hybridized carbons (Fsp3) is 0.250. The fourth-order valence-corrected chi connectivity index (χ4v) is 6.96. The van der Waals surface area contributed by atoms with Crippen LogP contribution < -0.4 is 5.32 Å². The van der Waals surface area contributed by atoms with Gasteiger partial charge in [-0.2, -0.15) is 4.31 Å². The molecule has 5 rings (SSSR count). The molecule has 196 valence electrons. The molecule has 1 amide bonds. The second-order valence-electron chi connectivity index (χ2n) is 9.14. The van der Waals surface area contributed by atoms with E-state index in [1.807, 2.05) is 72.2 Å². The van der Waals surface area contributed by atoms with E-state index in [1.165, 1.54) is 16.1 Å². The molecule has 8 nitrogen and oxygen atoms in total. The molecule has 1 aliphatic heterocycles. The summed E-state index contributed by atoms with van der Waals surface area (Å²) >= 11 is 1.25. The number of carbonyl (C=O) groups excluding carboxylic acids is 1. The lowest BCUT2D eigenvalue weighted by molar-refractivity contribution is -0.113. The average molecular weight is 548 g/mol. The summed E-state index contributed by atoms with van der Waals surface area (Å²) in [6.07, 6.45) is 2.72. The predicted octanol–water partition coefficient (Wildman–Crippen LogP) is 5.15. The fourth-order valence-electron chi connectivity index (χ4n) is 4.45. The maximum atomic E-state index is 13.4. The van der Waals surface area contributed by atoms with E-state index >= 15 is 0 Å². The molecule has 38 heavy (non-hydrogen) atoms. The lowest BCUT2D eigenvalue weighted by Gasteiger charge is -2.27. The van der Waals surface area contributed by atoms with Gasteiger partial charge in [0.25, 0.3) is 0 Å². The molecule has 0 aliphatic carbocycles. The van der Waals surface area contributed by atoms with Gasteiger partial charge < -0.3 is 5.32 Å². The molecule has 3 aromatic carbocycles. The number of carbonyl (C=O) groups is 1. The van der Waals surface area contributed by atoms with Crippen LogP contribution in [-0.4, -0.2) is 52.2 Å². The first-order valence-electron chi connectivity index (χ1n) is 12.5. The quantitative estimate of drug-likeness (QED) is 0.307. The minimum Gasteiger partial charge on any atom is -0.324 e. The van der Waals surface area contributed by atoms with E-state index < -0.39 is 10.0 Å². The van der Waals surface area contributed by atoms with Gasteiger partial charge in [-0.25, -0.2) is 8.42 Å². The summed E-state index contributed by atoms with van der Waals surface area (Å²) in [5.41, 5.74) is 2.90. The van der Waals surface area contributed by atoms with Crippen LogP contribution in [0.1, 0.15) is 24.8 Å². The summed E-state index contributed by atoms with van der Waals surface area (Å²) in [5.74, 6) is 0.391. The number of thioether (sulfide) groups is 1. The first kappa shape index (κ1) is 26.1. The molecule has 4 aromatic rings. The molecule has 0 radical (unpaired) electrons. The monoisotopic (exact) mass is 547 g/mol. The number of para-hydroxylation sites is 1. The highest BCUT2D eigenvalue weighted by atomic mass is 32.2. The summed E-state index contributed by atoms with van der Waals surface area (Å²) < 4.78 is 30.3. The van der Waals surface area contributed by atoms with Gasteiger partial charge in [-0.05, 0) is 49.6 Å². The van der Waals surface area contributed by atoms with E-state index in [0.29, 0.717) is 29.8 Å². The molecular formula is C28H29N5O3S2. The molecule has 0 saturated carbocycles. The number of aromatic nitrogens is 3. The highest BCUT2D eigenvalue weighted by molar-refractivity contribution is 7.99. The minimum atomic E-state index is -3.71. The lowest BCUT2D eigenvalue weighted by Crippen LogP contribution is -2.36. The Balaban J connectivity index is 1.37. The van der Waals surface area contributed by atoms with Gasteiger partial charge in [0.05, 0.1) is 11.4 Å². The SMILES string of the molecule is Cc1ccc(NC(=O)CSc2nnc(-c3ccccc3)n2-c2ccccc2)c(S(=O)(=O)N2CCCCC2)c1. The topological polar surface area (TPSA) is 97.2 Å². The van der Waals surface area contributed by atoms with Crippen molar-refractivity contribution in [1.29, 1.82) is 0 Å². The average Bonchev–Trinajstić information content (AvgIpc) is 3.38. The number of anilines is 1. The van der Waals surface area contributed by atoms with Crippen molar-refractivity contribution >= 4 is 33.4 Å². The lowest BCUT2D eigenvalue weighted by atomic mass is 10.2. The number of nitrogens with one attached hydrogen (secondary N) is 1. The Labute approximate surface area is 227 Å². The van der Waals surface area contributed by atoms with Crippen molar-refractivity contribution in [2.45, 2.75) is 36.2 Å². The van der Waals surface area contributed by atoms with Crippen LogP contribution in [0.5, 0.6) is 0 Å². The maximum Gasteiger partial charge on any atom is 0.245 e. The van der Waals surface area contributed by atoms with Crippen molar-refractivity contribution in [2.24, 2.45) is 0 Å². The van der Waals surface area contributed by atoms with E-state index in [-0.39, 0.29) is 16.6 Å². The molecule has 1 aromatic heterocycles. The van der Waals surface area contributed by atoms with Crippen molar-refractivity contribution in [3.63, 3.8) is 0 Å². The van der Waals surface area contributed by atoms with Crippen LogP contribution in [0.15, 0.2) is 88.9 Å². The van der Waals surface area contributed by atoms with Crippen LogP contribution in [0.4, 0.5) is 5.69 Å². The zero-order chi connectivity index (χ0) is 26.5. The molecule has 0 bridgehead atoms. The molecule has 1 saturated heterocycles. The maximum absolute atomic E-state index is 13.4. The first-order valence-corrected chi connectivity index (χ1v) is 15.0. The minimum absolute atomic E-state index is 0.0385. The Bertz CT molecular complexity index is 1520. The standard InChI is InChI=1S/C28H29N5O3S2/c1-21-15-16-24(25(19-21)38(35,36)32-17-9-4-10-18-32)29-26(34)20-37-28-31-30-27(22-11-5-2-6-12-22)33(28)23-13-7-3-8-14-23/h2-3,5-8,11-16,19H,4,9-10,17-18,20H2,1H3,(H,29,34). The number of nitrogens with zero attached hydrogens (tertiary/aromatic N) is 4. The van der Waals surface area contributed by atoms with Gasteiger partial charge in [-0.3, -0.25) is 9.36 Å². The first-order chi connectivity index (χ1) is 18.4. The Morgan fingerprint density at radius 2 is 1.61 bits per heavy atom. The van der Waals surface area contributed by atoms with Crippen LogP contribution in [0, 0.1) is 6.92 Å². The molecule has 1 fully saturated rings. The number of benzene rings is 3. The van der Waals surface area contributed by atoms with Gasteiger partial charge in [0.2, 0.25) is 15.9 Å². The normalized spacial score (nSPS) is 14.3. The van der Waals surface area contributed by atoms with E-state index in [0.717, 1.165) is 36.1 Å². The van der Waals surface area contributed by atoms with Crippen LogP contribution >= 0.6 is 11.8 Å². The van der Waals surface area contributed by atoms with Crippen LogP contribution in [-0.2, 0) is 14.8 Å². The Morgan fingerprint density at radius 1 is 0.921 bits per heavy atom. The zero-order valence-electron chi connectivity index (χ0n) is 21.1. The van der Waals surface area contributed by atoms with Gasteiger partial charge in [0, 0.05) is 24.3 Å². The van der Waals surface area contributed by atoms with Crippen molar-refractivity contribution in [2.75, 3.05) is 24.2 Å². The van der Waals surface area contributed by atoms with E-state index in [4.69, 9.17) is 0 Å². The molecule has 0 spiro atoms. The van der Waals surface area contributed by atoms with Crippen LogP contribution in [0.25, 0.3) is 17.1 Å². The van der Waals surface area contributed by atoms with Gasteiger partial charge in [0.1, 0.15) is 4.90 Å². The summed E-state index contributed by atoms with van der Waals surface area (Å²) in [4.78, 5) is 13.2. The van der Waals surface area contributed by atoms with E-state index in [9.17, 15) is 13.2 Å². The van der Waals surface area contributed by atoms with Crippen molar-refractivity contribution in [1.82, 2.24) is 19.1 Å². The van der Waals surface area contributed by atoms with Crippen molar-refractivity contribution in [3.8, 4) is 17.1 Å². The number of aryl methyl sites for hydroxylation is 1. The third-order valence-electron chi connectivity index (χ3n) is 6.36. The van der Waals surface area contributed by atoms with Crippen molar-refractivity contribution in [3.05, 3.63) is 84.4 Å². The summed E-state index contributed by atoms with van der Waals surface area (Å²) in [7, 11) is -3.71. The molecule has 1 aliphatic rings. The molecule has 0 atom stereocenters. The number of sulfonamides is 1. The predicted molar refractivity (Wildman–Crippen MR) is 150 cm³/mol. The second-order valence-corrected chi connectivity index (χ2v) is 12.0. The molecule has 10 heteroatoms. The van der Waals surface area contributed by atoms with Crippen molar-refractivity contribution < 1.29 is 13.2 Å². The Morgan fingerprint density at radius 3 is 2.32 bits per heavy atom. The van der Waals surface area contributed by atoms with Gasteiger partial charge >= 0.3 is 0 Å². The number of piperidine rings is 1. The van der Waals surface area contributed by atoms with Gasteiger partial charge in [-0.1, -0.05) is 72.8 Å². The highest BCUT2D eigenvalue weighted by Crippen LogP contribution is 2.30. The Hall–Kier alpha value is -3.47. The summed E-state index contributed by atoms with van der Waals surface area (Å²) in [6.45, 7) is 2.84. The number of hydrogen-bond donors (Lipinski definition) is 1. The largest absolute Gasteiger partial charge is 0.324 e. The van der Waals surface area contributed by atoms with Gasteiger partial charge in [-0.15, -0.1) is 10.2 Å². The summed E-state index contributed by atoms with van der Waals surface area (Å²) in [5, 5.41) is 12.2. The van der Waals surface area contributed by atoms with E-state index in [1.54, 1.807) is 18.2 Å². The zero-order valence-corrected chi connectivity index (χ0v) is 22.7. The van der Waals surface area contributed by atoms with E-state index in [2.05, 4.69) is 15.5 Å². The molecule has 2 heterocycles. The number of rotatable bonds is 8. The molecular weight excluding hydrogens is 518 g/mol. The third-order valence-corrected chi connectivity index (χ3v) is 9.22. The summed E-state index contributed by atoms with van der Waals surface area (Å²) in [6, 6.07) is 24.6. The highest BCUT2D eigenvalue weighted by Gasteiger charge is 2.29. The molecule has 0 unspecified atom stereocenters. The Kier molecular flexibility index (Phi) is 7.92. The third kappa shape index (κ3) is 5.67. The number of hydrogen-bond acceptors (Lipinski definition) is 6. The van der Waals surface area contributed by atoms with Crippen LogP contribution in [0.3, 0.4) is 0 Å². The smallest absolute Gasteiger partial charge is 0.245 e. The molecule has 1 N–H and O–H groups in total. The van der Waals surface area contributed by atoms with Crippen LogP contribution in [0.2, 0.25) is 0 Å². The van der Waals surface area contributed by atoms with Gasteiger partial charge in [0.15, 0.2) is 11.0 Å². The second kappa shape index (κ2) is 11.5. The number of amides is 1.